The highest BCUT2D eigenvalue weighted by Crippen LogP contribution is 2.27. The Kier molecular flexibility index (Phi) is 6.20. The minimum absolute atomic E-state index is 0. The molecule has 3 nitrogen and oxygen atoms in total. The van der Waals surface area contributed by atoms with Gasteiger partial charge in [-0.2, -0.15) is 0 Å². The minimum atomic E-state index is 0. The van der Waals surface area contributed by atoms with E-state index in [1.54, 1.807) is 11.3 Å². The summed E-state index contributed by atoms with van der Waals surface area (Å²) in [4.78, 5) is 8.41. The lowest BCUT2D eigenvalue weighted by molar-refractivity contribution is 0.201. The average Bonchev–Trinajstić information content (AvgIpc) is 2.88. The maximum absolute atomic E-state index is 4.56. The zero-order valence-corrected chi connectivity index (χ0v) is 15.1. The van der Waals surface area contributed by atoms with E-state index in [0.717, 1.165) is 35.7 Å². The first-order valence-corrected chi connectivity index (χ1v) is 8.48. The Labute approximate surface area is 144 Å². The molecular formula is C15H19BrClN3S. The SMILES string of the molecule is CC1CN(Cc2cnc(-c3ccc(Br)cc3)s2)CCN1.Cl. The van der Waals surface area contributed by atoms with Crippen molar-refractivity contribution in [3.63, 3.8) is 0 Å². The van der Waals surface area contributed by atoms with Crippen LogP contribution in [0.2, 0.25) is 0 Å². The fourth-order valence-corrected chi connectivity index (χ4v) is 3.71. The van der Waals surface area contributed by atoms with Gasteiger partial charge in [0.2, 0.25) is 0 Å². The van der Waals surface area contributed by atoms with Gasteiger partial charge in [0.05, 0.1) is 0 Å². The van der Waals surface area contributed by atoms with E-state index in [-0.39, 0.29) is 12.4 Å². The largest absolute Gasteiger partial charge is 0.312 e. The summed E-state index contributed by atoms with van der Waals surface area (Å²) in [7, 11) is 0. The number of thiazole rings is 1. The van der Waals surface area contributed by atoms with Crippen molar-refractivity contribution in [1.29, 1.82) is 0 Å². The van der Waals surface area contributed by atoms with Crippen molar-refractivity contribution >= 4 is 39.7 Å². The molecule has 1 N–H and O–H groups in total. The van der Waals surface area contributed by atoms with E-state index in [1.165, 1.54) is 10.4 Å². The molecule has 2 aromatic rings. The molecule has 1 aromatic carbocycles. The highest BCUT2D eigenvalue weighted by Gasteiger charge is 2.16. The van der Waals surface area contributed by atoms with Crippen LogP contribution in [0.5, 0.6) is 0 Å². The summed E-state index contributed by atoms with van der Waals surface area (Å²) >= 11 is 5.26. The first-order valence-electron chi connectivity index (χ1n) is 6.87. The predicted octanol–water partition coefficient (Wildman–Crippen LogP) is 3.79. The number of hydrogen-bond donors (Lipinski definition) is 1. The Bertz CT molecular complexity index is 573. The predicted molar refractivity (Wildman–Crippen MR) is 95.2 cm³/mol. The number of benzene rings is 1. The Balaban J connectivity index is 0.00000161. The third-order valence-corrected chi connectivity index (χ3v) is 5.04. The van der Waals surface area contributed by atoms with Gasteiger partial charge in [-0.3, -0.25) is 4.90 Å². The van der Waals surface area contributed by atoms with Crippen LogP contribution in [0.1, 0.15) is 11.8 Å². The third kappa shape index (κ3) is 4.50. The van der Waals surface area contributed by atoms with Crippen LogP contribution in [0.4, 0.5) is 0 Å². The number of hydrogen-bond acceptors (Lipinski definition) is 4. The second kappa shape index (κ2) is 7.70. The van der Waals surface area contributed by atoms with E-state index < -0.39 is 0 Å². The molecular weight excluding hydrogens is 370 g/mol. The molecule has 0 bridgehead atoms. The molecule has 1 aliphatic rings. The van der Waals surface area contributed by atoms with Crippen molar-refractivity contribution in [3.8, 4) is 10.6 Å². The van der Waals surface area contributed by atoms with Gasteiger partial charge < -0.3 is 5.32 Å². The second-order valence-electron chi connectivity index (χ2n) is 5.23. The summed E-state index contributed by atoms with van der Waals surface area (Å²) < 4.78 is 1.10. The zero-order valence-electron chi connectivity index (χ0n) is 11.9. The molecule has 0 spiro atoms. The van der Waals surface area contributed by atoms with E-state index >= 15 is 0 Å². The van der Waals surface area contributed by atoms with Crippen molar-refractivity contribution in [2.45, 2.75) is 19.5 Å². The van der Waals surface area contributed by atoms with Gasteiger partial charge in [0.15, 0.2) is 0 Å². The standard InChI is InChI=1S/C15H18BrN3S.ClH/c1-11-9-19(7-6-17-11)10-14-8-18-15(20-14)12-2-4-13(16)5-3-12;/h2-5,8,11,17H,6-7,9-10H2,1H3;1H. The van der Waals surface area contributed by atoms with Gasteiger partial charge in [-0.05, 0) is 19.1 Å². The first-order chi connectivity index (χ1) is 9.70. The minimum Gasteiger partial charge on any atom is -0.312 e. The number of halogens is 2. The Hall–Kier alpha value is -0.460. The van der Waals surface area contributed by atoms with Gasteiger partial charge in [0, 0.05) is 53.3 Å². The van der Waals surface area contributed by atoms with Crippen LogP contribution in [0.25, 0.3) is 10.6 Å². The summed E-state index contributed by atoms with van der Waals surface area (Å²) in [6.45, 7) is 6.58. The first kappa shape index (κ1) is 16.9. The molecule has 114 valence electrons. The summed E-state index contributed by atoms with van der Waals surface area (Å²) in [5.74, 6) is 0. The lowest BCUT2D eigenvalue weighted by Crippen LogP contribution is -2.48. The smallest absolute Gasteiger partial charge is 0.123 e. The van der Waals surface area contributed by atoms with Gasteiger partial charge in [0.1, 0.15) is 5.01 Å². The number of nitrogens with one attached hydrogen (secondary N) is 1. The third-order valence-electron chi connectivity index (χ3n) is 3.48. The molecule has 0 saturated carbocycles. The summed E-state index contributed by atoms with van der Waals surface area (Å²) in [6, 6.07) is 8.93. The quantitative estimate of drug-likeness (QED) is 0.867. The van der Waals surface area contributed by atoms with E-state index in [0.29, 0.717) is 6.04 Å². The van der Waals surface area contributed by atoms with E-state index in [9.17, 15) is 0 Å². The molecule has 1 atom stereocenters. The molecule has 21 heavy (non-hydrogen) atoms. The number of piperazine rings is 1. The molecule has 1 fully saturated rings. The average molecular weight is 389 g/mol. The second-order valence-corrected chi connectivity index (χ2v) is 7.26. The van der Waals surface area contributed by atoms with E-state index in [4.69, 9.17) is 0 Å². The molecule has 2 heterocycles. The van der Waals surface area contributed by atoms with Crippen LogP contribution in [0, 0.1) is 0 Å². The molecule has 0 amide bonds. The maximum atomic E-state index is 4.56. The number of aromatic nitrogens is 1. The monoisotopic (exact) mass is 387 g/mol. The van der Waals surface area contributed by atoms with Crippen LogP contribution < -0.4 is 5.32 Å². The molecule has 6 heteroatoms. The van der Waals surface area contributed by atoms with Crippen molar-refractivity contribution in [2.24, 2.45) is 0 Å². The molecule has 1 aromatic heterocycles. The molecule has 0 aliphatic carbocycles. The Morgan fingerprint density at radius 3 is 2.86 bits per heavy atom. The van der Waals surface area contributed by atoms with Crippen LogP contribution in [0.3, 0.4) is 0 Å². The van der Waals surface area contributed by atoms with Gasteiger partial charge in [0.25, 0.3) is 0 Å². The van der Waals surface area contributed by atoms with Gasteiger partial charge in [-0.15, -0.1) is 23.7 Å². The molecule has 3 rings (SSSR count). The number of rotatable bonds is 3. The molecule has 1 saturated heterocycles. The maximum Gasteiger partial charge on any atom is 0.123 e. The van der Waals surface area contributed by atoms with Gasteiger partial charge in [-0.1, -0.05) is 28.1 Å². The van der Waals surface area contributed by atoms with Crippen molar-refractivity contribution < 1.29 is 0 Å². The highest BCUT2D eigenvalue weighted by atomic mass is 79.9. The highest BCUT2D eigenvalue weighted by molar-refractivity contribution is 9.10. The van der Waals surface area contributed by atoms with Gasteiger partial charge >= 0.3 is 0 Å². The van der Waals surface area contributed by atoms with Crippen molar-refractivity contribution in [3.05, 3.63) is 39.8 Å². The van der Waals surface area contributed by atoms with Gasteiger partial charge in [-0.25, -0.2) is 4.98 Å². The van der Waals surface area contributed by atoms with Crippen LogP contribution in [-0.2, 0) is 6.54 Å². The summed E-state index contributed by atoms with van der Waals surface area (Å²) in [5, 5.41) is 4.58. The van der Waals surface area contributed by atoms with E-state index in [2.05, 4.69) is 62.3 Å². The zero-order chi connectivity index (χ0) is 13.9. The van der Waals surface area contributed by atoms with Crippen molar-refractivity contribution in [2.75, 3.05) is 19.6 Å². The number of nitrogens with zero attached hydrogens (tertiary/aromatic N) is 2. The lowest BCUT2D eigenvalue weighted by atomic mass is 10.2. The summed E-state index contributed by atoms with van der Waals surface area (Å²) in [5.41, 5.74) is 1.19. The molecule has 1 aliphatic heterocycles. The fraction of sp³-hybridized carbons (Fsp3) is 0.400. The van der Waals surface area contributed by atoms with Crippen LogP contribution in [-0.4, -0.2) is 35.6 Å². The topological polar surface area (TPSA) is 28.2 Å². The lowest BCUT2D eigenvalue weighted by Gasteiger charge is -2.31. The Morgan fingerprint density at radius 2 is 2.14 bits per heavy atom. The van der Waals surface area contributed by atoms with Crippen LogP contribution in [0.15, 0.2) is 34.9 Å². The van der Waals surface area contributed by atoms with Crippen molar-refractivity contribution in [1.82, 2.24) is 15.2 Å². The molecule has 0 radical (unpaired) electrons. The normalized spacial score (nSPS) is 19.2. The van der Waals surface area contributed by atoms with Crippen LogP contribution >= 0.6 is 39.7 Å². The summed E-state index contributed by atoms with van der Waals surface area (Å²) in [6.07, 6.45) is 2.02. The van der Waals surface area contributed by atoms with E-state index in [1.807, 2.05) is 6.20 Å². The molecule has 1 unspecified atom stereocenters. The Morgan fingerprint density at radius 1 is 1.38 bits per heavy atom. The fourth-order valence-electron chi connectivity index (χ4n) is 2.48.